The summed E-state index contributed by atoms with van der Waals surface area (Å²) in [6.07, 6.45) is 4.81. The Morgan fingerprint density at radius 3 is 2.59 bits per heavy atom. The Morgan fingerprint density at radius 2 is 1.94 bits per heavy atom. The molecule has 1 unspecified atom stereocenters. The quantitative estimate of drug-likeness (QED) is 0.916. The van der Waals surface area contributed by atoms with Crippen molar-refractivity contribution in [2.45, 2.75) is 31.8 Å². The number of hydrogen-bond donors (Lipinski definition) is 1. The van der Waals surface area contributed by atoms with Crippen molar-refractivity contribution in [3.05, 3.63) is 10.6 Å². The SMILES string of the molecule is Clc1nc(Cl)nc(NCCC2CCCCO2)n1. The summed E-state index contributed by atoms with van der Waals surface area (Å²) in [5.41, 5.74) is 0. The Labute approximate surface area is 110 Å². The van der Waals surface area contributed by atoms with Gasteiger partial charge in [-0.1, -0.05) is 0 Å². The number of halogens is 2. The van der Waals surface area contributed by atoms with Crippen LogP contribution in [0.1, 0.15) is 25.7 Å². The van der Waals surface area contributed by atoms with E-state index in [4.69, 9.17) is 27.9 Å². The average Bonchev–Trinajstić information content (AvgIpc) is 2.29. The van der Waals surface area contributed by atoms with Crippen molar-refractivity contribution in [2.24, 2.45) is 0 Å². The summed E-state index contributed by atoms with van der Waals surface area (Å²) in [6.45, 7) is 1.61. The van der Waals surface area contributed by atoms with E-state index in [1.54, 1.807) is 0 Å². The summed E-state index contributed by atoms with van der Waals surface area (Å²) < 4.78 is 5.62. The van der Waals surface area contributed by atoms with E-state index in [9.17, 15) is 0 Å². The minimum Gasteiger partial charge on any atom is -0.378 e. The van der Waals surface area contributed by atoms with Gasteiger partial charge in [0.1, 0.15) is 0 Å². The smallest absolute Gasteiger partial charge is 0.228 e. The van der Waals surface area contributed by atoms with Crippen molar-refractivity contribution >= 4 is 29.2 Å². The van der Waals surface area contributed by atoms with E-state index in [1.807, 2.05) is 0 Å². The highest BCUT2D eigenvalue weighted by Gasteiger charge is 2.13. The second kappa shape index (κ2) is 6.33. The van der Waals surface area contributed by atoms with Gasteiger partial charge in [-0.25, -0.2) is 0 Å². The van der Waals surface area contributed by atoms with E-state index >= 15 is 0 Å². The molecule has 94 valence electrons. The number of nitrogens with one attached hydrogen (secondary N) is 1. The largest absolute Gasteiger partial charge is 0.378 e. The summed E-state index contributed by atoms with van der Waals surface area (Å²) >= 11 is 11.3. The fourth-order valence-corrected chi connectivity index (χ4v) is 2.15. The molecule has 1 fully saturated rings. The molecule has 0 aromatic carbocycles. The van der Waals surface area contributed by atoms with E-state index in [-0.39, 0.29) is 10.6 Å². The van der Waals surface area contributed by atoms with Crippen LogP contribution in [-0.4, -0.2) is 34.2 Å². The van der Waals surface area contributed by atoms with Crippen LogP contribution in [0.4, 0.5) is 5.95 Å². The van der Waals surface area contributed by atoms with Crippen LogP contribution in [0.25, 0.3) is 0 Å². The Morgan fingerprint density at radius 1 is 1.18 bits per heavy atom. The Balaban J connectivity index is 1.77. The molecule has 1 N–H and O–H groups in total. The molecule has 1 aliphatic rings. The zero-order valence-corrected chi connectivity index (χ0v) is 10.8. The monoisotopic (exact) mass is 276 g/mol. The molecule has 0 radical (unpaired) electrons. The van der Waals surface area contributed by atoms with Crippen molar-refractivity contribution in [1.82, 2.24) is 15.0 Å². The van der Waals surface area contributed by atoms with E-state index in [0.717, 1.165) is 26.0 Å². The second-order valence-corrected chi connectivity index (χ2v) is 4.58. The fraction of sp³-hybridized carbons (Fsp3) is 0.700. The molecule has 1 aromatic rings. The minimum absolute atomic E-state index is 0.0985. The number of ether oxygens (including phenoxy) is 1. The third kappa shape index (κ3) is 4.26. The molecule has 1 atom stereocenters. The Bertz CT molecular complexity index is 351. The van der Waals surface area contributed by atoms with Gasteiger partial charge in [-0.15, -0.1) is 0 Å². The van der Waals surface area contributed by atoms with Crippen LogP contribution in [0, 0.1) is 0 Å². The number of hydrogen-bond acceptors (Lipinski definition) is 5. The van der Waals surface area contributed by atoms with Crippen LogP contribution < -0.4 is 5.32 Å². The van der Waals surface area contributed by atoms with E-state index < -0.39 is 0 Å². The van der Waals surface area contributed by atoms with Gasteiger partial charge in [0.15, 0.2) is 0 Å². The van der Waals surface area contributed by atoms with Gasteiger partial charge in [-0.2, -0.15) is 15.0 Å². The molecule has 0 bridgehead atoms. The average molecular weight is 277 g/mol. The van der Waals surface area contributed by atoms with Crippen LogP contribution >= 0.6 is 23.2 Å². The first-order chi connectivity index (χ1) is 8.24. The van der Waals surface area contributed by atoms with Crippen LogP contribution in [0.3, 0.4) is 0 Å². The van der Waals surface area contributed by atoms with Gasteiger partial charge >= 0.3 is 0 Å². The van der Waals surface area contributed by atoms with Crippen molar-refractivity contribution in [3.8, 4) is 0 Å². The topological polar surface area (TPSA) is 59.9 Å². The predicted molar refractivity (Wildman–Crippen MR) is 66.5 cm³/mol. The maximum Gasteiger partial charge on any atom is 0.228 e. The Hall–Kier alpha value is -0.650. The van der Waals surface area contributed by atoms with Gasteiger partial charge in [-0.05, 0) is 48.9 Å². The zero-order valence-electron chi connectivity index (χ0n) is 9.33. The fourth-order valence-electron chi connectivity index (χ4n) is 1.78. The lowest BCUT2D eigenvalue weighted by molar-refractivity contribution is 0.0134. The summed E-state index contributed by atoms with van der Waals surface area (Å²) in [7, 11) is 0. The first kappa shape index (κ1) is 12.8. The number of rotatable bonds is 4. The summed E-state index contributed by atoms with van der Waals surface area (Å²) in [5.74, 6) is 0.408. The lowest BCUT2D eigenvalue weighted by Gasteiger charge is -2.22. The molecular formula is C10H14Cl2N4O. The molecule has 1 aromatic heterocycles. The number of anilines is 1. The van der Waals surface area contributed by atoms with E-state index in [0.29, 0.717) is 12.1 Å². The first-order valence-corrected chi connectivity index (χ1v) is 6.42. The third-order valence-corrected chi connectivity index (χ3v) is 2.94. The highest BCUT2D eigenvalue weighted by Crippen LogP contribution is 2.16. The molecule has 2 heterocycles. The Kier molecular flexibility index (Phi) is 4.76. The van der Waals surface area contributed by atoms with E-state index in [2.05, 4.69) is 20.3 Å². The van der Waals surface area contributed by atoms with Gasteiger partial charge in [0.25, 0.3) is 0 Å². The second-order valence-electron chi connectivity index (χ2n) is 3.90. The highest BCUT2D eigenvalue weighted by molar-refractivity contribution is 6.31. The molecule has 0 saturated carbocycles. The van der Waals surface area contributed by atoms with Crippen molar-refractivity contribution < 1.29 is 4.74 Å². The molecule has 0 spiro atoms. The van der Waals surface area contributed by atoms with Crippen molar-refractivity contribution in [2.75, 3.05) is 18.5 Å². The van der Waals surface area contributed by atoms with Gasteiger partial charge in [0.2, 0.25) is 16.5 Å². The van der Waals surface area contributed by atoms with E-state index in [1.165, 1.54) is 12.8 Å². The number of aromatic nitrogens is 3. The van der Waals surface area contributed by atoms with Gasteiger partial charge in [0, 0.05) is 13.2 Å². The van der Waals surface area contributed by atoms with Crippen LogP contribution in [0.5, 0.6) is 0 Å². The van der Waals surface area contributed by atoms with Gasteiger partial charge in [0.05, 0.1) is 6.10 Å². The molecule has 0 aliphatic carbocycles. The molecule has 1 aliphatic heterocycles. The maximum absolute atomic E-state index is 5.67. The lowest BCUT2D eigenvalue weighted by Crippen LogP contribution is -2.22. The van der Waals surface area contributed by atoms with Crippen molar-refractivity contribution in [1.29, 1.82) is 0 Å². The summed E-state index contributed by atoms with van der Waals surface area (Å²) in [4.78, 5) is 11.5. The number of nitrogens with zero attached hydrogens (tertiary/aromatic N) is 3. The standard InChI is InChI=1S/C10H14Cl2N4O/c11-8-14-9(12)16-10(15-8)13-5-4-7-3-1-2-6-17-7/h7H,1-6H2,(H,13,14,15,16). The van der Waals surface area contributed by atoms with Crippen molar-refractivity contribution in [3.63, 3.8) is 0 Å². The molecule has 1 saturated heterocycles. The predicted octanol–water partition coefficient (Wildman–Crippen LogP) is 2.55. The highest BCUT2D eigenvalue weighted by atomic mass is 35.5. The van der Waals surface area contributed by atoms with Gasteiger partial charge < -0.3 is 10.1 Å². The van der Waals surface area contributed by atoms with Crippen LogP contribution in [0.15, 0.2) is 0 Å². The summed E-state index contributed by atoms with van der Waals surface area (Å²) in [5, 5.41) is 3.26. The molecule has 0 amide bonds. The van der Waals surface area contributed by atoms with Crippen LogP contribution in [0.2, 0.25) is 10.6 Å². The van der Waals surface area contributed by atoms with Gasteiger partial charge in [-0.3, -0.25) is 0 Å². The molecule has 17 heavy (non-hydrogen) atoms. The molecular weight excluding hydrogens is 263 g/mol. The van der Waals surface area contributed by atoms with Crippen LogP contribution in [-0.2, 0) is 4.74 Å². The third-order valence-electron chi connectivity index (χ3n) is 2.60. The maximum atomic E-state index is 5.67. The minimum atomic E-state index is 0.0985. The zero-order chi connectivity index (χ0) is 12.1. The molecule has 2 rings (SSSR count). The molecule has 5 nitrogen and oxygen atoms in total. The first-order valence-electron chi connectivity index (χ1n) is 5.66. The molecule has 7 heteroatoms. The normalized spacial score (nSPS) is 20.2. The lowest BCUT2D eigenvalue weighted by atomic mass is 10.1. The summed E-state index contributed by atoms with van der Waals surface area (Å²) in [6, 6.07) is 0.